The van der Waals surface area contributed by atoms with Gasteiger partial charge in [0, 0.05) is 6.42 Å². The highest BCUT2D eigenvalue weighted by atomic mass is 16.3. The Hall–Kier alpha value is -0.670. The third kappa shape index (κ3) is 3.74. The van der Waals surface area contributed by atoms with Gasteiger partial charge in [0.2, 0.25) is 0 Å². The fraction of sp³-hybridized carbons (Fsp3) is 0.897. The van der Waals surface area contributed by atoms with Crippen LogP contribution in [0.25, 0.3) is 0 Å². The number of allylic oxidation sites excluding steroid dienone is 1. The highest BCUT2D eigenvalue weighted by Gasteiger charge is 2.60. The molecule has 0 aromatic carbocycles. The fourth-order valence-electron chi connectivity index (χ4n) is 9.37. The summed E-state index contributed by atoms with van der Waals surface area (Å²) in [5.74, 6) is 3.68. The first-order valence-electron chi connectivity index (χ1n) is 13.6. The summed E-state index contributed by atoms with van der Waals surface area (Å²) >= 11 is 0. The maximum absolute atomic E-state index is 12.1. The molecule has 4 rings (SSSR count). The summed E-state index contributed by atoms with van der Waals surface area (Å²) in [6, 6.07) is 0. The number of carbonyl (C=O) groups is 1. The summed E-state index contributed by atoms with van der Waals surface area (Å²) in [6.45, 7) is 13.6. The van der Waals surface area contributed by atoms with Crippen LogP contribution in [0.5, 0.6) is 0 Å². The molecule has 32 heavy (non-hydrogen) atoms. The topological polar surface area (TPSA) is 57.5 Å². The molecule has 0 spiro atoms. The number of aliphatic hydroxyl groups excluding tert-OH is 2. The van der Waals surface area contributed by atoms with E-state index in [1.54, 1.807) is 0 Å². The molecule has 1 unspecified atom stereocenters. The van der Waals surface area contributed by atoms with Crippen LogP contribution in [0, 0.1) is 52.3 Å². The molecule has 0 amide bonds. The average molecular weight is 445 g/mol. The first-order chi connectivity index (χ1) is 15.0. The van der Waals surface area contributed by atoms with E-state index < -0.39 is 12.2 Å². The molecule has 4 aliphatic rings. The van der Waals surface area contributed by atoms with E-state index in [4.69, 9.17) is 0 Å². The first-order valence-corrected chi connectivity index (χ1v) is 13.6. The van der Waals surface area contributed by atoms with Crippen molar-refractivity contribution in [2.24, 2.45) is 52.3 Å². The Balaban J connectivity index is 1.53. The van der Waals surface area contributed by atoms with Gasteiger partial charge in [0.05, 0.1) is 12.2 Å². The summed E-state index contributed by atoms with van der Waals surface area (Å²) in [6.07, 6.45) is 10.7. The lowest BCUT2D eigenvalue weighted by molar-refractivity contribution is -0.118. The van der Waals surface area contributed by atoms with Crippen LogP contribution in [-0.2, 0) is 4.79 Å². The van der Waals surface area contributed by atoms with Gasteiger partial charge < -0.3 is 10.2 Å². The second-order valence-corrected chi connectivity index (χ2v) is 12.9. The van der Waals surface area contributed by atoms with Crippen molar-refractivity contribution in [1.82, 2.24) is 0 Å². The largest absolute Gasteiger partial charge is 0.390 e. The Bertz CT molecular complexity index is 741. The average Bonchev–Trinajstić information content (AvgIpc) is 3.10. The van der Waals surface area contributed by atoms with Gasteiger partial charge in [0.25, 0.3) is 0 Å². The van der Waals surface area contributed by atoms with Gasteiger partial charge in [-0.05, 0) is 103 Å². The molecule has 3 nitrogen and oxygen atoms in total. The van der Waals surface area contributed by atoms with Gasteiger partial charge in [0.15, 0.2) is 5.78 Å². The van der Waals surface area contributed by atoms with Crippen molar-refractivity contribution in [3.05, 3.63) is 11.6 Å². The molecule has 0 bridgehead atoms. The summed E-state index contributed by atoms with van der Waals surface area (Å²) in [7, 11) is 0. The van der Waals surface area contributed by atoms with Gasteiger partial charge in [-0.3, -0.25) is 4.79 Å². The number of ketones is 1. The van der Waals surface area contributed by atoms with Crippen molar-refractivity contribution < 1.29 is 15.0 Å². The van der Waals surface area contributed by atoms with Crippen molar-refractivity contribution in [3.8, 4) is 0 Å². The number of aliphatic hydroxyl groups is 2. The van der Waals surface area contributed by atoms with Crippen molar-refractivity contribution in [3.63, 3.8) is 0 Å². The molecular weight excluding hydrogens is 396 g/mol. The minimum Gasteiger partial charge on any atom is -0.390 e. The lowest BCUT2D eigenvalue weighted by Crippen LogP contribution is -2.52. The van der Waals surface area contributed by atoms with Crippen molar-refractivity contribution in [2.75, 3.05) is 0 Å². The zero-order chi connectivity index (χ0) is 23.4. The van der Waals surface area contributed by atoms with Crippen molar-refractivity contribution in [1.29, 1.82) is 0 Å². The van der Waals surface area contributed by atoms with Crippen LogP contribution in [-0.4, -0.2) is 28.2 Å². The van der Waals surface area contributed by atoms with E-state index in [1.165, 1.54) is 37.7 Å². The summed E-state index contributed by atoms with van der Waals surface area (Å²) < 4.78 is 0. The van der Waals surface area contributed by atoms with E-state index in [0.29, 0.717) is 23.5 Å². The second-order valence-electron chi connectivity index (χ2n) is 12.9. The molecule has 3 heteroatoms. The monoisotopic (exact) mass is 444 g/mol. The molecular formula is C29H48O3. The van der Waals surface area contributed by atoms with Gasteiger partial charge in [-0.15, -0.1) is 0 Å². The fourth-order valence-corrected chi connectivity index (χ4v) is 9.37. The molecule has 0 heterocycles. The molecule has 182 valence electrons. The zero-order valence-corrected chi connectivity index (χ0v) is 21.4. The molecule has 0 aliphatic heterocycles. The van der Waals surface area contributed by atoms with E-state index in [1.807, 2.05) is 6.08 Å². The van der Waals surface area contributed by atoms with Crippen LogP contribution in [0.3, 0.4) is 0 Å². The Morgan fingerprint density at radius 3 is 2.34 bits per heavy atom. The zero-order valence-electron chi connectivity index (χ0n) is 21.4. The predicted molar refractivity (Wildman–Crippen MR) is 130 cm³/mol. The maximum atomic E-state index is 12.1. The van der Waals surface area contributed by atoms with Crippen LogP contribution in [0.4, 0.5) is 0 Å². The number of fused-ring (bicyclic) bond motifs is 5. The summed E-state index contributed by atoms with van der Waals surface area (Å²) in [5, 5.41) is 22.3. The minimum atomic E-state index is -0.636. The smallest absolute Gasteiger partial charge is 0.155 e. The molecule has 4 aliphatic carbocycles. The summed E-state index contributed by atoms with van der Waals surface area (Å²) in [4.78, 5) is 12.1. The Kier molecular flexibility index (Phi) is 6.75. The highest BCUT2D eigenvalue weighted by molar-refractivity contribution is 5.91. The molecule has 2 N–H and O–H groups in total. The Morgan fingerprint density at radius 2 is 1.69 bits per heavy atom. The van der Waals surface area contributed by atoms with Gasteiger partial charge in [0.1, 0.15) is 0 Å². The lowest BCUT2D eigenvalue weighted by atomic mass is 9.46. The van der Waals surface area contributed by atoms with Crippen LogP contribution >= 0.6 is 0 Å². The molecule has 0 radical (unpaired) electrons. The summed E-state index contributed by atoms with van der Waals surface area (Å²) in [5.41, 5.74) is 1.94. The lowest BCUT2D eigenvalue weighted by Gasteiger charge is -2.58. The van der Waals surface area contributed by atoms with E-state index in [-0.39, 0.29) is 22.7 Å². The number of carbonyl (C=O) groups excluding carboxylic acids is 1. The molecule has 3 saturated carbocycles. The van der Waals surface area contributed by atoms with Crippen LogP contribution in [0.1, 0.15) is 99.3 Å². The number of rotatable bonds is 6. The Morgan fingerprint density at radius 1 is 0.969 bits per heavy atom. The maximum Gasteiger partial charge on any atom is 0.155 e. The van der Waals surface area contributed by atoms with E-state index >= 15 is 0 Å². The minimum absolute atomic E-state index is 0.131. The van der Waals surface area contributed by atoms with Gasteiger partial charge >= 0.3 is 0 Å². The third-order valence-corrected chi connectivity index (χ3v) is 11.3. The highest BCUT2D eigenvalue weighted by Crippen LogP contribution is 2.67. The second kappa shape index (κ2) is 8.84. The SMILES string of the molecule is CCC(C(C)C)[C@@H](O)[C@H](O)[C@@H](C)[C@H]1CC[C@H]2[C@@H]3CCC4=CC(=O)CC[C@]4(C)[C@H]3CC[C@]12C. The van der Waals surface area contributed by atoms with E-state index in [9.17, 15) is 15.0 Å². The van der Waals surface area contributed by atoms with Gasteiger partial charge in [-0.25, -0.2) is 0 Å². The number of hydrogen-bond donors (Lipinski definition) is 2. The standard InChI is InChI=1S/C29H48O3/c1-7-21(17(2)3)27(32)26(31)18(4)23-10-11-24-22-9-8-19-16-20(30)12-14-28(19,5)25(22)13-15-29(23,24)6/h16-18,21-27,31-32H,7-15H2,1-6H3/t18-,21?,22-,23+,24-,25-,26+,27+,28-,29+/m0/s1. The molecule has 10 atom stereocenters. The predicted octanol–water partition coefficient (Wildman–Crippen LogP) is 6.17. The van der Waals surface area contributed by atoms with Gasteiger partial charge in [-0.2, -0.15) is 0 Å². The van der Waals surface area contributed by atoms with Crippen LogP contribution in [0.15, 0.2) is 11.6 Å². The quantitative estimate of drug-likeness (QED) is 0.515. The normalized spacial score (nSPS) is 43.0. The van der Waals surface area contributed by atoms with Gasteiger partial charge in [-0.1, -0.05) is 53.5 Å². The van der Waals surface area contributed by atoms with Crippen molar-refractivity contribution in [2.45, 2.75) is 112 Å². The molecule has 0 aromatic rings. The molecule has 0 aromatic heterocycles. The number of hydrogen-bond acceptors (Lipinski definition) is 3. The first kappa shape index (κ1) is 24.5. The molecule has 3 fully saturated rings. The molecule has 0 saturated heterocycles. The Labute approximate surface area is 196 Å². The third-order valence-electron chi connectivity index (χ3n) is 11.3. The van der Waals surface area contributed by atoms with E-state index in [2.05, 4.69) is 41.5 Å². The van der Waals surface area contributed by atoms with Crippen LogP contribution in [0.2, 0.25) is 0 Å². The van der Waals surface area contributed by atoms with Crippen molar-refractivity contribution >= 4 is 5.78 Å². The van der Waals surface area contributed by atoms with Crippen LogP contribution < -0.4 is 0 Å². The van der Waals surface area contributed by atoms with E-state index in [0.717, 1.165) is 37.5 Å².